The molecule has 3 heterocycles. The van der Waals surface area contributed by atoms with Crippen LogP contribution in [0.15, 0.2) is 18.3 Å². The van der Waals surface area contributed by atoms with Crippen LogP contribution >= 0.6 is 0 Å². The van der Waals surface area contributed by atoms with Crippen LogP contribution in [0.3, 0.4) is 0 Å². The molecule has 3 rings (SSSR count). The van der Waals surface area contributed by atoms with Gasteiger partial charge in [0.05, 0.1) is 6.10 Å². The van der Waals surface area contributed by atoms with Crippen molar-refractivity contribution >= 4 is 5.82 Å². The molecule has 2 saturated heterocycles. The van der Waals surface area contributed by atoms with Crippen LogP contribution < -0.4 is 10.2 Å². The van der Waals surface area contributed by atoms with E-state index in [1.54, 1.807) is 0 Å². The smallest absolute Gasteiger partial charge is 0.128 e. The Morgan fingerprint density at radius 3 is 2.88 bits per heavy atom. The zero-order chi connectivity index (χ0) is 16.8. The summed E-state index contributed by atoms with van der Waals surface area (Å²) in [5.74, 6) is 1.12. The first-order chi connectivity index (χ1) is 11.7. The first-order valence-corrected chi connectivity index (χ1v) is 9.52. The lowest BCUT2D eigenvalue weighted by molar-refractivity contribution is 0.0961. The Kier molecular flexibility index (Phi) is 6.46. The molecule has 0 radical (unpaired) electrons. The van der Waals surface area contributed by atoms with Gasteiger partial charge in [0, 0.05) is 51.6 Å². The van der Waals surface area contributed by atoms with Crippen LogP contribution in [-0.4, -0.2) is 61.4 Å². The van der Waals surface area contributed by atoms with Gasteiger partial charge in [0.1, 0.15) is 5.82 Å². The number of piperazine rings is 1. The summed E-state index contributed by atoms with van der Waals surface area (Å²) in [6.45, 7) is 11.9. The van der Waals surface area contributed by atoms with E-state index in [2.05, 4.69) is 46.1 Å². The molecule has 1 aromatic heterocycles. The van der Waals surface area contributed by atoms with E-state index in [1.165, 1.54) is 18.4 Å². The van der Waals surface area contributed by atoms with Gasteiger partial charge >= 0.3 is 0 Å². The Morgan fingerprint density at radius 1 is 1.33 bits per heavy atom. The van der Waals surface area contributed by atoms with E-state index in [9.17, 15) is 0 Å². The predicted octanol–water partition coefficient (Wildman–Crippen LogP) is 2.27. The molecule has 1 aromatic rings. The third-order valence-electron chi connectivity index (χ3n) is 5.25. The molecule has 0 spiro atoms. The lowest BCUT2D eigenvalue weighted by atomic mass is 10.1. The molecule has 5 nitrogen and oxygen atoms in total. The molecule has 5 heteroatoms. The van der Waals surface area contributed by atoms with Gasteiger partial charge in [0.2, 0.25) is 0 Å². The van der Waals surface area contributed by atoms with Crippen LogP contribution in [0.4, 0.5) is 5.82 Å². The summed E-state index contributed by atoms with van der Waals surface area (Å²) >= 11 is 0. The van der Waals surface area contributed by atoms with Gasteiger partial charge in [-0.3, -0.25) is 0 Å². The van der Waals surface area contributed by atoms with Crippen molar-refractivity contribution in [1.82, 2.24) is 15.2 Å². The molecule has 0 aromatic carbocycles. The molecule has 2 atom stereocenters. The summed E-state index contributed by atoms with van der Waals surface area (Å²) in [4.78, 5) is 9.49. The third-order valence-corrected chi connectivity index (χ3v) is 5.25. The van der Waals surface area contributed by atoms with Gasteiger partial charge in [-0.15, -0.1) is 0 Å². The van der Waals surface area contributed by atoms with Crippen LogP contribution in [0.2, 0.25) is 0 Å². The first-order valence-electron chi connectivity index (χ1n) is 9.52. The maximum atomic E-state index is 5.73. The average molecular weight is 332 g/mol. The van der Waals surface area contributed by atoms with Crippen molar-refractivity contribution in [3.8, 4) is 0 Å². The molecular formula is C19H32N4O. The molecular weight excluding hydrogens is 300 g/mol. The highest BCUT2D eigenvalue weighted by atomic mass is 16.5. The zero-order valence-electron chi connectivity index (χ0n) is 15.2. The van der Waals surface area contributed by atoms with Crippen molar-refractivity contribution in [2.24, 2.45) is 0 Å². The minimum Gasteiger partial charge on any atom is -0.378 e. The van der Waals surface area contributed by atoms with Crippen LogP contribution in [0.1, 0.15) is 38.7 Å². The van der Waals surface area contributed by atoms with Crippen LogP contribution in [-0.2, 0) is 11.3 Å². The molecule has 2 aliphatic rings. The Balaban J connectivity index is 1.48. The number of ether oxygens (including phenoxy) is 1. The van der Waals surface area contributed by atoms with Crippen molar-refractivity contribution < 1.29 is 4.74 Å². The topological polar surface area (TPSA) is 40.6 Å². The van der Waals surface area contributed by atoms with E-state index in [1.807, 2.05) is 6.20 Å². The van der Waals surface area contributed by atoms with Crippen LogP contribution in [0, 0.1) is 0 Å². The summed E-state index contributed by atoms with van der Waals surface area (Å²) < 4.78 is 5.73. The number of rotatable bonds is 7. The van der Waals surface area contributed by atoms with Gasteiger partial charge in [-0.05, 0) is 50.4 Å². The third kappa shape index (κ3) is 4.91. The minimum absolute atomic E-state index is 0.454. The SMILES string of the molecule is CCN1CCN(c2cc(CNC(C)CC3CCCO3)ccn2)CC1. The van der Waals surface area contributed by atoms with Gasteiger partial charge in [-0.1, -0.05) is 6.92 Å². The number of aromatic nitrogens is 1. The number of pyridine rings is 1. The fourth-order valence-electron chi connectivity index (χ4n) is 3.64. The largest absolute Gasteiger partial charge is 0.378 e. The van der Waals surface area contributed by atoms with Crippen molar-refractivity contribution in [2.75, 3.05) is 44.2 Å². The molecule has 2 unspecified atom stereocenters. The number of nitrogens with zero attached hydrogens (tertiary/aromatic N) is 3. The lowest BCUT2D eigenvalue weighted by Gasteiger charge is -2.34. The maximum Gasteiger partial charge on any atom is 0.128 e. The first kappa shape index (κ1) is 17.6. The lowest BCUT2D eigenvalue weighted by Crippen LogP contribution is -2.46. The summed E-state index contributed by atoms with van der Waals surface area (Å²) in [6.07, 6.45) is 5.95. The molecule has 1 N–H and O–H groups in total. The highest BCUT2D eigenvalue weighted by Gasteiger charge is 2.19. The number of likely N-dealkylation sites (N-methyl/N-ethyl adjacent to an activating group) is 1. The molecule has 2 fully saturated rings. The molecule has 134 valence electrons. The van der Waals surface area contributed by atoms with E-state index in [0.717, 1.165) is 58.1 Å². The normalized spacial score (nSPS) is 23.6. The second kappa shape index (κ2) is 8.79. The summed E-state index contributed by atoms with van der Waals surface area (Å²) in [7, 11) is 0. The number of hydrogen-bond acceptors (Lipinski definition) is 5. The molecule has 2 aliphatic heterocycles. The minimum atomic E-state index is 0.454. The predicted molar refractivity (Wildman–Crippen MR) is 98.5 cm³/mol. The van der Waals surface area contributed by atoms with E-state index in [-0.39, 0.29) is 0 Å². The molecule has 0 amide bonds. The fourth-order valence-corrected chi connectivity index (χ4v) is 3.64. The van der Waals surface area contributed by atoms with E-state index in [4.69, 9.17) is 4.74 Å². The van der Waals surface area contributed by atoms with Crippen molar-refractivity contribution in [2.45, 2.75) is 51.8 Å². The summed E-state index contributed by atoms with van der Waals surface area (Å²) in [5, 5.41) is 3.64. The Morgan fingerprint density at radius 2 is 2.17 bits per heavy atom. The second-order valence-corrected chi connectivity index (χ2v) is 7.10. The van der Waals surface area contributed by atoms with Crippen LogP contribution in [0.25, 0.3) is 0 Å². The molecule has 0 aliphatic carbocycles. The van der Waals surface area contributed by atoms with Gasteiger partial charge in [0.25, 0.3) is 0 Å². The van der Waals surface area contributed by atoms with Crippen LogP contribution in [0.5, 0.6) is 0 Å². The number of nitrogens with one attached hydrogen (secondary N) is 1. The Hall–Kier alpha value is -1.17. The van der Waals surface area contributed by atoms with E-state index < -0.39 is 0 Å². The zero-order valence-corrected chi connectivity index (χ0v) is 15.2. The monoisotopic (exact) mass is 332 g/mol. The van der Waals surface area contributed by atoms with Crippen molar-refractivity contribution in [3.63, 3.8) is 0 Å². The Labute approximate surface area is 146 Å². The van der Waals surface area contributed by atoms with E-state index >= 15 is 0 Å². The van der Waals surface area contributed by atoms with Gasteiger partial charge < -0.3 is 19.9 Å². The highest BCUT2D eigenvalue weighted by molar-refractivity contribution is 5.41. The van der Waals surface area contributed by atoms with Crippen molar-refractivity contribution in [3.05, 3.63) is 23.9 Å². The maximum absolute atomic E-state index is 5.73. The quantitative estimate of drug-likeness (QED) is 0.829. The fraction of sp³-hybridized carbons (Fsp3) is 0.737. The van der Waals surface area contributed by atoms with E-state index in [0.29, 0.717) is 12.1 Å². The summed E-state index contributed by atoms with van der Waals surface area (Å²) in [6, 6.07) is 4.85. The van der Waals surface area contributed by atoms with Gasteiger partial charge in [-0.2, -0.15) is 0 Å². The second-order valence-electron chi connectivity index (χ2n) is 7.10. The van der Waals surface area contributed by atoms with Crippen molar-refractivity contribution in [1.29, 1.82) is 0 Å². The molecule has 24 heavy (non-hydrogen) atoms. The number of anilines is 1. The molecule has 0 saturated carbocycles. The Bertz CT molecular complexity index is 496. The number of hydrogen-bond donors (Lipinski definition) is 1. The summed E-state index contributed by atoms with van der Waals surface area (Å²) in [5.41, 5.74) is 1.32. The molecule has 0 bridgehead atoms. The standard InChI is InChI=1S/C19H32N4O/c1-3-22-8-10-23(11-9-22)19-14-17(6-7-20-19)15-21-16(2)13-18-5-4-12-24-18/h6-7,14,16,18,21H,3-5,8-13,15H2,1-2H3. The highest BCUT2D eigenvalue weighted by Crippen LogP contribution is 2.18. The average Bonchev–Trinajstić information content (AvgIpc) is 3.13. The van der Waals surface area contributed by atoms with Gasteiger partial charge in [-0.25, -0.2) is 4.98 Å². The van der Waals surface area contributed by atoms with Gasteiger partial charge in [0.15, 0.2) is 0 Å².